The fraction of sp³-hybridized carbons (Fsp3) is 0.583. The van der Waals surface area contributed by atoms with E-state index in [1.54, 1.807) is 0 Å². The van der Waals surface area contributed by atoms with Gasteiger partial charge in [0.25, 0.3) is 0 Å². The molecule has 1 fully saturated rings. The molecule has 1 aliphatic heterocycles. The van der Waals surface area contributed by atoms with Crippen LogP contribution in [0.25, 0.3) is 0 Å². The maximum absolute atomic E-state index is 12.5. The van der Waals surface area contributed by atoms with Crippen molar-refractivity contribution in [2.24, 2.45) is 0 Å². The number of aliphatic hydroxyl groups is 1. The first kappa shape index (κ1) is 15.7. The fourth-order valence-corrected chi connectivity index (χ4v) is 3.97. The summed E-state index contributed by atoms with van der Waals surface area (Å²) < 4.78 is 26.5. The third-order valence-electron chi connectivity index (χ3n) is 3.30. The lowest BCUT2D eigenvalue weighted by Crippen LogP contribution is -2.35. The van der Waals surface area contributed by atoms with Gasteiger partial charge >= 0.3 is 0 Å². The van der Waals surface area contributed by atoms with E-state index < -0.39 is 10.0 Å². The van der Waals surface area contributed by atoms with Crippen molar-refractivity contribution in [3.63, 3.8) is 0 Å². The Morgan fingerprint density at radius 1 is 1.30 bits per heavy atom. The molecule has 1 aromatic rings. The summed E-state index contributed by atoms with van der Waals surface area (Å²) in [6.07, 6.45) is 2.14. The molecule has 112 valence electrons. The highest BCUT2D eigenvalue weighted by Gasteiger charge is 2.26. The highest BCUT2D eigenvalue weighted by atomic mass is 35.5. The normalized spacial score (nSPS) is 18.9. The van der Waals surface area contributed by atoms with Gasteiger partial charge in [0.05, 0.1) is 11.5 Å². The van der Waals surface area contributed by atoms with Crippen LogP contribution in [0.2, 0.25) is 5.15 Å². The molecule has 0 radical (unpaired) electrons. The van der Waals surface area contributed by atoms with Crippen molar-refractivity contribution in [3.8, 4) is 0 Å². The number of nitrogens with zero attached hydrogens (tertiary/aromatic N) is 3. The van der Waals surface area contributed by atoms with Crippen LogP contribution in [-0.2, 0) is 10.0 Å². The van der Waals surface area contributed by atoms with Crippen LogP contribution in [0.4, 0.5) is 0 Å². The maximum atomic E-state index is 12.5. The van der Waals surface area contributed by atoms with Gasteiger partial charge in [-0.25, -0.2) is 13.4 Å². The second-order valence-electron chi connectivity index (χ2n) is 4.64. The molecule has 2 rings (SSSR count). The molecule has 1 aliphatic rings. The van der Waals surface area contributed by atoms with Crippen LogP contribution in [0, 0.1) is 0 Å². The topological polar surface area (TPSA) is 73.7 Å². The monoisotopic (exact) mass is 319 g/mol. The first-order valence-electron chi connectivity index (χ1n) is 6.49. The van der Waals surface area contributed by atoms with Gasteiger partial charge in [-0.15, -0.1) is 0 Å². The van der Waals surface area contributed by atoms with E-state index >= 15 is 0 Å². The highest BCUT2D eigenvalue weighted by Crippen LogP contribution is 2.19. The Hall–Kier alpha value is -0.730. The van der Waals surface area contributed by atoms with Crippen LogP contribution in [-0.4, -0.2) is 67.0 Å². The van der Waals surface area contributed by atoms with Crippen molar-refractivity contribution in [2.75, 3.05) is 39.3 Å². The lowest BCUT2D eigenvalue weighted by Gasteiger charge is -2.21. The zero-order chi connectivity index (χ0) is 14.6. The van der Waals surface area contributed by atoms with Gasteiger partial charge in [-0.3, -0.25) is 4.90 Å². The van der Waals surface area contributed by atoms with Crippen LogP contribution in [0.3, 0.4) is 0 Å². The molecule has 0 saturated carbocycles. The molecule has 0 aliphatic carbocycles. The zero-order valence-corrected chi connectivity index (χ0v) is 12.6. The van der Waals surface area contributed by atoms with Crippen molar-refractivity contribution in [2.45, 2.75) is 11.3 Å². The summed E-state index contributed by atoms with van der Waals surface area (Å²) in [7, 11) is -3.53. The third-order valence-corrected chi connectivity index (χ3v) is 5.40. The van der Waals surface area contributed by atoms with E-state index in [1.165, 1.54) is 22.6 Å². The largest absolute Gasteiger partial charge is 0.395 e. The molecule has 1 N–H and O–H groups in total. The Labute approximate surface area is 124 Å². The van der Waals surface area contributed by atoms with Gasteiger partial charge in [0.15, 0.2) is 0 Å². The Kier molecular flexibility index (Phi) is 5.34. The molecule has 0 amide bonds. The number of hydrogen-bond acceptors (Lipinski definition) is 5. The lowest BCUT2D eigenvalue weighted by atomic mass is 10.4. The molecule has 1 aromatic heterocycles. The number of β-amino-alcohol motifs (C(OH)–C–C–N with tert-alkyl or cyclic N) is 1. The molecule has 2 heterocycles. The Balaban J connectivity index is 2.14. The molecular formula is C12H18ClN3O3S. The Morgan fingerprint density at radius 2 is 2.10 bits per heavy atom. The van der Waals surface area contributed by atoms with Crippen LogP contribution in [0.15, 0.2) is 23.2 Å². The summed E-state index contributed by atoms with van der Waals surface area (Å²) in [6.45, 7) is 2.98. The summed E-state index contributed by atoms with van der Waals surface area (Å²) in [5.41, 5.74) is 0. The average molecular weight is 320 g/mol. The number of aliphatic hydroxyl groups excluding tert-OH is 1. The van der Waals surface area contributed by atoms with Gasteiger partial charge in [-0.2, -0.15) is 4.31 Å². The SMILES string of the molecule is O=S(=O)(c1ccnc(Cl)c1)N1CCCN(CCO)CC1. The van der Waals surface area contributed by atoms with Gasteiger partial charge in [0, 0.05) is 32.4 Å². The van der Waals surface area contributed by atoms with Gasteiger partial charge in [0.2, 0.25) is 10.0 Å². The number of sulfonamides is 1. The van der Waals surface area contributed by atoms with E-state index in [0.29, 0.717) is 26.2 Å². The van der Waals surface area contributed by atoms with E-state index in [-0.39, 0.29) is 16.7 Å². The van der Waals surface area contributed by atoms with Crippen LogP contribution >= 0.6 is 11.6 Å². The third kappa shape index (κ3) is 3.67. The van der Waals surface area contributed by atoms with Crippen LogP contribution in [0.1, 0.15) is 6.42 Å². The van der Waals surface area contributed by atoms with Crippen molar-refractivity contribution in [3.05, 3.63) is 23.5 Å². The predicted octanol–water partition coefficient (Wildman–Crippen LogP) is 0.424. The molecular weight excluding hydrogens is 302 g/mol. The molecule has 20 heavy (non-hydrogen) atoms. The minimum atomic E-state index is -3.53. The van der Waals surface area contributed by atoms with Crippen molar-refractivity contribution < 1.29 is 13.5 Å². The van der Waals surface area contributed by atoms with Gasteiger partial charge in [-0.05, 0) is 25.1 Å². The van der Waals surface area contributed by atoms with E-state index in [9.17, 15) is 8.42 Å². The Morgan fingerprint density at radius 3 is 2.80 bits per heavy atom. The molecule has 8 heteroatoms. The molecule has 0 atom stereocenters. The predicted molar refractivity (Wildman–Crippen MR) is 76.1 cm³/mol. The zero-order valence-electron chi connectivity index (χ0n) is 11.1. The molecule has 0 spiro atoms. The van der Waals surface area contributed by atoms with E-state index in [2.05, 4.69) is 9.88 Å². The number of aromatic nitrogens is 1. The summed E-state index contributed by atoms with van der Waals surface area (Å²) in [5.74, 6) is 0. The summed E-state index contributed by atoms with van der Waals surface area (Å²) in [4.78, 5) is 6.04. The van der Waals surface area contributed by atoms with Crippen molar-refractivity contribution in [1.29, 1.82) is 0 Å². The second kappa shape index (κ2) is 6.82. The molecule has 0 aromatic carbocycles. The lowest BCUT2D eigenvalue weighted by molar-refractivity contribution is 0.202. The highest BCUT2D eigenvalue weighted by molar-refractivity contribution is 7.89. The summed E-state index contributed by atoms with van der Waals surface area (Å²) in [5, 5.41) is 9.12. The summed E-state index contributed by atoms with van der Waals surface area (Å²) in [6, 6.07) is 2.82. The van der Waals surface area contributed by atoms with E-state index in [0.717, 1.165) is 13.0 Å². The van der Waals surface area contributed by atoms with E-state index in [4.69, 9.17) is 16.7 Å². The molecule has 1 saturated heterocycles. The number of pyridine rings is 1. The minimum absolute atomic E-state index is 0.0900. The number of halogens is 1. The summed E-state index contributed by atoms with van der Waals surface area (Å²) >= 11 is 5.76. The van der Waals surface area contributed by atoms with Gasteiger partial charge in [-0.1, -0.05) is 11.6 Å². The molecule has 0 bridgehead atoms. The first-order chi connectivity index (χ1) is 9.54. The number of hydrogen-bond donors (Lipinski definition) is 1. The standard InChI is InChI=1S/C12H18ClN3O3S/c13-12-10-11(2-3-14-12)20(18,19)16-5-1-4-15(6-7-16)8-9-17/h2-3,10,17H,1,4-9H2. The first-order valence-corrected chi connectivity index (χ1v) is 8.31. The smallest absolute Gasteiger partial charge is 0.243 e. The Bertz CT molecular complexity index is 553. The molecule has 0 unspecified atom stereocenters. The fourth-order valence-electron chi connectivity index (χ4n) is 2.25. The van der Waals surface area contributed by atoms with Crippen molar-refractivity contribution >= 4 is 21.6 Å². The second-order valence-corrected chi connectivity index (χ2v) is 6.96. The minimum Gasteiger partial charge on any atom is -0.395 e. The maximum Gasteiger partial charge on any atom is 0.243 e. The van der Waals surface area contributed by atoms with Gasteiger partial charge < -0.3 is 5.11 Å². The average Bonchev–Trinajstić information content (AvgIpc) is 2.65. The van der Waals surface area contributed by atoms with Crippen LogP contribution in [0.5, 0.6) is 0 Å². The molecule has 6 nitrogen and oxygen atoms in total. The van der Waals surface area contributed by atoms with Crippen molar-refractivity contribution in [1.82, 2.24) is 14.2 Å². The number of rotatable bonds is 4. The van der Waals surface area contributed by atoms with E-state index in [1.807, 2.05) is 0 Å². The van der Waals surface area contributed by atoms with Gasteiger partial charge in [0.1, 0.15) is 5.15 Å². The van der Waals surface area contributed by atoms with Crippen LogP contribution < -0.4 is 0 Å². The quantitative estimate of drug-likeness (QED) is 0.814.